The van der Waals surface area contributed by atoms with E-state index in [0.717, 1.165) is 50.8 Å². The van der Waals surface area contributed by atoms with Gasteiger partial charge in [-0.25, -0.2) is 4.98 Å². The summed E-state index contributed by atoms with van der Waals surface area (Å²) < 4.78 is 0. The topological polar surface area (TPSA) is 44.3 Å². The molecular formula is C14H25N5. The fraction of sp³-hybridized carbons (Fsp3) is 0.714. The van der Waals surface area contributed by atoms with Crippen LogP contribution in [-0.2, 0) is 6.54 Å². The van der Waals surface area contributed by atoms with E-state index in [-0.39, 0.29) is 0 Å². The minimum absolute atomic E-state index is 0.664. The van der Waals surface area contributed by atoms with Crippen molar-refractivity contribution in [1.29, 1.82) is 0 Å². The zero-order valence-corrected chi connectivity index (χ0v) is 12.3. The number of hydrogen-bond donors (Lipinski definition) is 1. The summed E-state index contributed by atoms with van der Waals surface area (Å²) in [5.74, 6) is 1.67. The van der Waals surface area contributed by atoms with Gasteiger partial charge in [0.25, 0.3) is 0 Å². The van der Waals surface area contributed by atoms with Gasteiger partial charge in [-0.3, -0.25) is 4.98 Å². The van der Waals surface area contributed by atoms with E-state index in [4.69, 9.17) is 0 Å². The minimum atomic E-state index is 0.664. The SMILES string of the molecule is CC(C)CNCc1cnc(N2CCN(C)CC2)cn1. The Labute approximate surface area is 116 Å². The van der Waals surface area contributed by atoms with Crippen LogP contribution in [0.2, 0.25) is 0 Å². The van der Waals surface area contributed by atoms with Crippen LogP contribution in [0.5, 0.6) is 0 Å². The van der Waals surface area contributed by atoms with Crippen LogP contribution in [0.1, 0.15) is 19.5 Å². The van der Waals surface area contributed by atoms with E-state index in [0.29, 0.717) is 5.92 Å². The van der Waals surface area contributed by atoms with Gasteiger partial charge in [0.15, 0.2) is 0 Å². The molecule has 0 aliphatic carbocycles. The summed E-state index contributed by atoms with van der Waals surface area (Å²) in [4.78, 5) is 13.7. The molecule has 1 fully saturated rings. The summed E-state index contributed by atoms with van der Waals surface area (Å²) >= 11 is 0. The summed E-state index contributed by atoms with van der Waals surface area (Å²) in [6.07, 6.45) is 3.79. The molecule has 19 heavy (non-hydrogen) atoms. The molecule has 0 saturated carbocycles. The number of anilines is 1. The van der Waals surface area contributed by atoms with Crippen LogP contribution in [0.15, 0.2) is 12.4 Å². The highest BCUT2D eigenvalue weighted by atomic mass is 15.3. The van der Waals surface area contributed by atoms with Crippen LogP contribution in [0.4, 0.5) is 5.82 Å². The van der Waals surface area contributed by atoms with Gasteiger partial charge in [-0.05, 0) is 19.5 Å². The normalized spacial score (nSPS) is 17.2. The number of rotatable bonds is 5. The number of hydrogen-bond acceptors (Lipinski definition) is 5. The third-order valence-corrected chi connectivity index (χ3v) is 3.38. The third-order valence-electron chi connectivity index (χ3n) is 3.38. The Morgan fingerprint density at radius 1 is 1.16 bits per heavy atom. The van der Waals surface area contributed by atoms with Crippen molar-refractivity contribution in [2.75, 3.05) is 44.7 Å². The van der Waals surface area contributed by atoms with Gasteiger partial charge in [-0.2, -0.15) is 0 Å². The van der Waals surface area contributed by atoms with E-state index in [1.807, 2.05) is 12.4 Å². The maximum Gasteiger partial charge on any atom is 0.147 e. The Hall–Kier alpha value is -1.20. The molecule has 0 aromatic carbocycles. The van der Waals surface area contributed by atoms with Gasteiger partial charge in [0.05, 0.1) is 18.1 Å². The molecule has 5 heteroatoms. The molecule has 1 N–H and O–H groups in total. The molecule has 1 aromatic heterocycles. The first-order valence-electron chi connectivity index (χ1n) is 7.10. The van der Waals surface area contributed by atoms with Crippen molar-refractivity contribution in [1.82, 2.24) is 20.2 Å². The molecule has 5 nitrogen and oxygen atoms in total. The van der Waals surface area contributed by atoms with Crippen molar-refractivity contribution < 1.29 is 0 Å². The Kier molecular flexibility index (Phi) is 5.10. The van der Waals surface area contributed by atoms with Gasteiger partial charge in [0, 0.05) is 32.7 Å². The molecule has 1 saturated heterocycles. The number of aromatic nitrogens is 2. The number of likely N-dealkylation sites (N-methyl/N-ethyl adjacent to an activating group) is 1. The van der Waals surface area contributed by atoms with Gasteiger partial charge < -0.3 is 15.1 Å². The lowest BCUT2D eigenvalue weighted by Gasteiger charge is -2.32. The zero-order chi connectivity index (χ0) is 13.7. The van der Waals surface area contributed by atoms with Gasteiger partial charge in [-0.1, -0.05) is 13.8 Å². The van der Waals surface area contributed by atoms with Crippen molar-refractivity contribution in [2.24, 2.45) is 5.92 Å². The van der Waals surface area contributed by atoms with Crippen LogP contribution in [-0.4, -0.2) is 54.6 Å². The molecule has 0 atom stereocenters. The van der Waals surface area contributed by atoms with Gasteiger partial charge in [0.1, 0.15) is 5.82 Å². The first-order chi connectivity index (χ1) is 9.15. The Bertz CT molecular complexity index is 368. The first-order valence-corrected chi connectivity index (χ1v) is 7.10. The Morgan fingerprint density at radius 3 is 2.47 bits per heavy atom. The van der Waals surface area contributed by atoms with E-state index in [9.17, 15) is 0 Å². The largest absolute Gasteiger partial charge is 0.353 e. The highest BCUT2D eigenvalue weighted by Gasteiger charge is 2.15. The molecule has 0 bridgehead atoms. The molecule has 1 aliphatic rings. The second-order valence-electron chi connectivity index (χ2n) is 5.68. The van der Waals surface area contributed by atoms with Crippen molar-refractivity contribution >= 4 is 5.82 Å². The Morgan fingerprint density at radius 2 is 1.89 bits per heavy atom. The maximum atomic E-state index is 4.53. The summed E-state index contributed by atoms with van der Waals surface area (Å²) in [6, 6.07) is 0. The van der Waals surface area contributed by atoms with E-state index in [2.05, 4.69) is 46.0 Å². The van der Waals surface area contributed by atoms with E-state index in [1.165, 1.54) is 0 Å². The summed E-state index contributed by atoms with van der Waals surface area (Å²) in [5, 5.41) is 3.38. The van der Waals surface area contributed by atoms with E-state index < -0.39 is 0 Å². The van der Waals surface area contributed by atoms with E-state index >= 15 is 0 Å². The quantitative estimate of drug-likeness (QED) is 0.858. The average molecular weight is 263 g/mol. The molecule has 0 amide bonds. The molecular weight excluding hydrogens is 238 g/mol. The molecule has 1 aliphatic heterocycles. The number of nitrogens with one attached hydrogen (secondary N) is 1. The molecule has 0 radical (unpaired) electrons. The predicted octanol–water partition coefficient (Wildman–Crippen LogP) is 0.974. The summed E-state index contributed by atoms with van der Waals surface area (Å²) in [6.45, 7) is 10.5. The third kappa shape index (κ3) is 4.44. The molecule has 0 spiro atoms. The van der Waals surface area contributed by atoms with Crippen LogP contribution in [0.3, 0.4) is 0 Å². The summed E-state index contributed by atoms with van der Waals surface area (Å²) in [7, 11) is 2.16. The maximum absolute atomic E-state index is 4.53. The lowest BCUT2D eigenvalue weighted by Crippen LogP contribution is -2.44. The standard InChI is InChI=1S/C14H25N5/c1-12(2)8-15-9-13-10-17-14(11-16-13)19-6-4-18(3)5-7-19/h10-12,15H,4-9H2,1-3H3. The van der Waals surface area contributed by atoms with Gasteiger partial charge in [-0.15, -0.1) is 0 Å². The smallest absolute Gasteiger partial charge is 0.147 e. The van der Waals surface area contributed by atoms with E-state index in [1.54, 1.807) is 0 Å². The molecule has 106 valence electrons. The predicted molar refractivity (Wildman–Crippen MR) is 78.3 cm³/mol. The van der Waals surface area contributed by atoms with Crippen LogP contribution in [0, 0.1) is 5.92 Å². The van der Waals surface area contributed by atoms with Crippen molar-refractivity contribution in [2.45, 2.75) is 20.4 Å². The van der Waals surface area contributed by atoms with Crippen LogP contribution >= 0.6 is 0 Å². The molecule has 2 heterocycles. The molecule has 1 aromatic rings. The molecule has 0 unspecified atom stereocenters. The highest BCUT2D eigenvalue weighted by Crippen LogP contribution is 2.11. The minimum Gasteiger partial charge on any atom is -0.353 e. The first kappa shape index (κ1) is 14.2. The summed E-state index contributed by atoms with van der Waals surface area (Å²) in [5.41, 5.74) is 1.01. The fourth-order valence-corrected chi connectivity index (χ4v) is 2.13. The molecule has 2 rings (SSSR count). The lowest BCUT2D eigenvalue weighted by molar-refractivity contribution is 0.312. The van der Waals surface area contributed by atoms with Crippen molar-refractivity contribution in [3.8, 4) is 0 Å². The van der Waals surface area contributed by atoms with Gasteiger partial charge in [0.2, 0.25) is 0 Å². The van der Waals surface area contributed by atoms with Crippen LogP contribution < -0.4 is 10.2 Å². The Balaban J connectivity index is 1.84. The number of piperazine rings is 1. The van der Waals surface area contributed by atoms with Gasteiger partial charge >= 0.3 is 0 Å². The number of nitrogens with zero attached hydrogens (tertiary/aromatic N) is 4. The average Bonchev–Trinajstić information content (AvgIpc) is 2.40. The second kappa shape index (κ2) is 6.82. The van der Waals surface area contributed by atoms with Crippen LogP contribution in [0.25, 0.3) is 0 Å². The monoisotopic (exact) mass is 263 g/mol. The fourth-order valence-electron chi connectivity index (χ4n) is 2.13. The van der Waals surface area contributed by atoms with Crippen molar-refractivity contribution in [3.63, 3.8) is 0 Å². The second-order valence-corrected chi connectivity index (χ2v) is 5.68. The van der Waals surface area contributed by atoms with Crippen molar-refractivity contribution in [3.05, 3.63) is 18.1 Å². The highest BCUT2D eigenvalue weighted by molar-refractivity contribution is 5.36. The zero-order valence-electron chi connectivity index (χ0n) is 12.3. The lowest BCUT2D eigenvalue weighted by atomic mass is 10.2.